The van der Waals surface area contributed by atoms with E-state index >= 15 is 0 Å². The van der Waals surface area contributed by atoms with Gasteiger partial charge in [-0.1, -0.05) is 78.5 Å². The molecule has 4 heteroatoms. The maximum Gasteiger partial charge on any atom is 0.122 e. The van der Waals surface area contributed by atoms with Gasteiger partial charge in [0.25, 0.3) is 0 Å². The van der Waals surface area contributed by atoms with Crippen LogP contribution in [-0.4, -0.2) is 16.7 Å². The lowest BCUT2D eigenvalue weighted by molar-refractivity contribution is 0.971. The van der Waals surface area contributed by atoms with Crippen molar-refractivity contribution in [2.75, 3.05) is 11.9 Å². The molecule has 0 aliphatic heterocycles. The van der Waals surface area contributed by atoms with Gasteiger partial charge in [0.15, 0.2) is 0 Å². The normalized spacial score (nSPS) is 10.6. The quantitative estimate of drug-likeness (QED) is 0.542. The Morgan fingerprint density at radius 2 is 1.96 bits per heavy atom. The third-order valence-electron chi connectivity index (χ3n) is 3.98. The molecule has 1 heterocycles. The summed E-state index contributed by atoms with van der Waals surface area (Å²) in [4.78, 5) is 0. The van der Waals surface area contributed by atoms with Crippen molar-refractivity contribution in [3.05, 3.63) is 83.4 Å². The van der Waals surface area contributed by atoms with Crippen LogP contribution in [0.4, 0.5) is 5.82 Å². The van der Waals surface area contributed by atoms with Crippen LogP contribution < -0.4 is 5.32 Å². The van der Waals surface area contributed by atoms with Crippen LogP contribution in [0.3, 0.4) is 0 Å². The average Bonchev–Trinajstić information content (AvgIpc) is 3.09. The van der Waals surface area contributed by atoms with Crippen LogP contribution >= 0.6 is 11.8 Å². The summed E-state index contributed by atoms with van der Waals surface area (Å²) in [5.41, 5.74) is 5.07. The van der Waals surface area contributed by atoms with E-state index in [2.05, 4.69) is 83.6 Å². The van der Waals surface area contributed by atoms with Crippen LogP contribution in [0.2, 0.25) is 0 Å². The van der Waals surface area contributed by atoms with Crippen molar-refractivity contribution in [2.24, 2.45) is 0 Å². The van der Waals surface area contributed by atoms with Gasteiger partial charge >= 0.3 is 0 Å². The van der Waals surface area contributed by atoms with Gasteiger partial charge in [0, 0.05) is 18.4 Å². The highest BCUT2D eigenvalue weighted by Crippen LogP contribution is 2.23. The number of hydrogen-bond acceptors (Lipinski definition) is 3. The molecule has 3 nitrogen and oxygen atoms in total. The summed E-state index contributed by atoms with van der Waals surface area (Å²) in [6.07, 6.45) is 2.84. The van der Waals surface area contributed by atoms with Crippen molar-refractivity contribution in [3.63, 3.8) is 0 Å². The molecule has 0 atom stereocenters. The summed E-state index contributed by atoms with van der Waals surface area (Å²) in [6, 6.07) is 19.2. The molecule has 25 heavy (non-hydrogen) atoms. The molecular weight excluding hydrogens is 326 g/mol. The minimum Gasteiger partial charge on any atom is -0.370 e. The van der Waals surface area contributed by atoms with Gasteiger partial charge in [0.1, 0.15) is 10.8 Å². The van der Waals surface area contributed by atoms with Crippen molar-refractivity contribution in [2.45, 2.75) is 24.1 Å². The minimum absolute atomic E-state index is 0.866. The third-order valence-corrected chi connectivity index (χ3v) is 4.96. The first kappa shape index (κ1) is 17.4. The van der Waals surface area contributed by atoms with E-state index in [1.807, 2.05) is 6.08 Å². The number of nitrogens with zero attached hydrogens (tertiary/aromatic N) is 1. The average molecular weight is 350 g/mol. The van der Waals surface area contributed by atoms with Crippen LogP contribution in [0.5, 0.6) is 0 Å². The summed E-state index contributed by atoms with van der Waals surface area (Å²) in [7, 11) is 0. The predicted molar refractivity (Wildman–Crippen MR) is 108 cm³/mol. The fourth-order valence-electron chi connectivity index (χ4n) is 2.53. The first-order valence-corrected chi connectivity index (χ1v) is 9.40. The Hall–Kier alpha value is -2.46. The zero-order chi connectivity index (χ0) is 17.5. The van der Waals surface area contributed by atoms with Crippen molar-refractivity contribution in [3.8, 4) is 0 Å². The molecule has 0 amide bonds. The Balaban J connectivity index is 1.46. The molecule has 0 saturated carbocycles. The lowest BCUT2D eigenvalue weighted by atomic mass is 10.1. The Bertz CT molecular complexity index is 821. The van der Waals surface area contributed by atoms with Crippen molar-refractivity contribution < 1.29 is 0 Å². The van der Waals surface area contributed by atoms with Crippen LogP contribution in [0.25, 0.3) is 6.08 Å². The number of aryl methyl sites for hydroxylation is 1. The molecule has 0 saturated heterocycles. The number of anilines is 1. The molecule has 3 rings (SSSR count). The van der Waals surface area contributed by atoms with Gasteiger partial charge in [-0.2, -0.15) is 5.10 Å². The third kappa shape index (κ3) is 5.26. The maximum absolute atomic E-state index is 4.36. The largest absolute Gasteiger partial charge is 0.370 e. The molecular formula is C21H23N3S. The zero-order valence-corrected chi connectivity index (χ0v) is 15.3. The van der Waals surface area contributed by atoms with Crippen molar-refractivity contribution in [1.29, 1.82) is 0 Å². The molecule has 2 N–H and O–H groups in total. The number of aromatic amines is 1. The zero-order valence-electron chi connectivity index (χ0n) is 14.5. The van der Waals surface area contributed by atoms with Gasteiger partial charge in [-0.15, -0.1) is 0 Å². The summed E-state index contributed by atoms with van der Waals surface area (Å²) < 4.78 is 0. The highest BCUT2D eigenvalue weighted by Gasteiger charge is 2.03. The number of benzene rings is 2. The highest BCUT2D eigenvalue weighted by molar-refractivity contribution is 7.98. The van der Waals surface area contributed by atoms with Gasteiger partial charge in [-0.3, -0.25) is 5.10 Å². The number of rotatable bonds is 8. The molecule has 0 radical (unpaired) electrons. The van der Waals surface area contributed by atoms with E-state index < -0.39 is 0 Å². The topological polar surface area (TPSA) is 40.7 Å². The van der Waals surface area contributed by atoms with Crippen molar-refractivity contribution >= 4 is 23.7 Å². The highest BCUT2D eigenvalue weighted by atomic mass is 32.2. The van der Waals surface area contributed by atoms with E-state index in [1.165, 1.54) is 16.7 Å². The first-order valence-electron chi connectivity index (χ1n) is 8.42. The van der Waals surface area contributed by atoms with Crippen LogP contribution in [-0.2, 0) is 12.2 Å². The number of aromatic nitrogens is 2. The molecule has 128 valence electrons. The summed E-state index contributed by atoms with van der Waals surface area (Å²) in [5.74, 6) is 1.89. The van der Waals surface area contributed by atoms with E-state index in [-0.39, 0.29) is 0 Å². The van der Waals surface area contributed by atoms with Crippen molar-refractivity contribution in [1.82, 2.24) is 10.2 Å². The number of nitrogens with one attached hydrogen (secondary N) is 2. The van der Waals surface area contributed by atoms with Gasteiger partial charge in [0.2, 0.25) is 0 Å². The van der Waals surface area contributed by atoms with Crippen LogP contribution in [0.1, 0.15) is 22.3 Å². The summed E-state index contributed by atoms with van der Waals surface area (Å²) in [6.45, 7) is 6.79. The molecule has 2 aromatic carbocycles. The molecule has 0 aliphatic carbocycles. The fourth-order valence-corrected chi connectivity index (χ4v) is 3.34. The Morgan fingerprint density at radius 3 is 2.76 bits per heavy atom. The lowest BCUT2D eigenvalue weighted by Gasteiger charge is -2.04. The second-order valence-corrected chi connectivity index (χ2v) is 7.02. The second kappa shape index (κ2) is 8.58. The molecule has 0 fully saturated rings. The molecule has 3 aromatic rings. The molecule has 0 aliphatic rings. The van der Waals surface area contributed by atoms with E-state index in [9.17, 15) is 0 Å². The smallest absolute Gasteiger partial charge is 0.122 e. The van der Waals surface area contributed by atoms with Gasteiger partial charge in [-0.05, 0) is 30.0 Å². The SMILES string of the molecule is C=Cc1cccc(CCNc2cc(SCc3ccc(C)cc3)n[nH]2)c1. The number of thioether (sulfide) groups is 1. The fraction of sp³-hybridized carbons (Fsp3) is 0.190. The second-order valence-electron chi connectivity index (χ2n) is 6.02. The predicted octanol–water partition coefficient (Wildman–Crippen LogP) is 5.31. The van der Waals surface area contributed by atoms with Crippen LogP contribution in [0, 0.1) is 6.92 Å². The molecule has 0 bridgehead atoms. The monoisotopic (exact) mass is 349 g/mol. The van der Waals surface area contributed by atoms with Gasteiger partial charge in [-0.25, -0.2) is 0 Å². The minimum atomic E-state index is 0.866. The molecule has 0 spiro atoms. The Labute approximate surface area is 153 Å². The Kier molecular flexibility index (Phi) is 5.96. The number of H-pyrrole nitrogens is 1. The summed E-state index contributed by atoms with van der Waals surface area (Å²) >= 11 is 1.74. The number of hydrogen-bond donors (Lipinski definition) is 2. The first-order chi connectivity index (χ1) is 12.2. The van der Waals surface area contributed by atoms with E-state index in [0.717, 1.165) is 35.1 Å². The standard InChI is InChI=1S/C21H23N3S/c1-3-17-5-4-6-18(13-17)11-12-22-20-14-21(24-23-20)25-15-19-9-7-16(2)8-10-19/h3-10,13-14H,1,11-12,15H2,2H3,(H2,22,23,24). The van der Waals surface area contributed by atoms with Gasteiger partial charge < -0.3 is 5.32 Å². The van der Waals surface area contributed by atoms with Crippen LogP contribution in [0.15, 0.2) is 66.2 Å². The van der Waals surface area contributed by atoms with E-state index in [4.69, 9.17) is 0 Å². The van der Waals surface area contributed by atoms with E-state index in [0.29, 0.717) is 0 Å². The Morgan fingerprint density at radius 1 is 1.12 bits per heavy atom. The summed E-state index contributed by atoms with van der Waals surface area (Å²) in [5, 5.41) is 11.8. The molecule has 0 unspecified atom stereocenters. The van der Waals surface area contributed by atoms with E-state index in [1.54, 1.807) is 11.8 Å². The molecule has 1 aromatic heterocycles. The van der Waals surface area contributed by atoms with Gasteiger partial charge in [0.05, 0.1) is 0 Å². The lowest BCUT2D eigenvalue weighted by Crippen LogP contribution is -2.05. The maximum atomic E-state index is 4.36.